The van der Waals surface area contributed by atoms with E-state index >= 15 is 0 Å². The number of aryl methyl sites for hydroxylation is 2. The predicted molar refractivity (Wildman–Crippen MR) is 172 cm³/mol. The first-order valence-electron chi connectivity index (χ1n) is 15.5. The third-order valence-corrected chi connectivity index (χ3v) is 7.63. The van der Waals surface area contributed by atoms with Gasteiger partial charge in [0.1, 0.15) is 11.5 Å². The summed E-state index contributed by atoms with van der Waals surface area (Å²) >= 11 is 0. The van der Waals surface area contributed by atoms with Crippen molar-refractivity contribution in [1.29, 1.82) is 0 Å². The number of amides is 2. The van der Waals surface area contributed by atoms with Crippen LogP contribution in [0.2, 0.25) is 0 Å². The summed E-state index contributed by atoms with van der Waals surface area (Å²) in [4.78, 5) is 24.8. The predicted octanol–water partition coefficient (Wildman–Crippen LogP) is 8.50. The first kappa shape index (κ1) is 33.2. The largest absolute Gasteiger partial charge is 0.497 e. The molecular formula is C33H42N6O6. The minimum absolute atomic E-state index is 0.0222. The number of carbonyl (C=O) groups excluding carboxylic acids is 2. The minimum atomic E-state index is -0.356. The van der Waals surface area contributed by atoms with Crippen LogP contribution in [0.4, 0.5) is 11.4 Å². The second-order valence-corrected chi connectivity index (χ2v) is 10.9. The molecule has 2 N–H and O–H groups in total. The van der Waals surface area contributed by atoms with Crippen molar-refractivity contribution in [3.05, 3.63) is 36.4 Å². The Bertz CT molecular complexity index is 1580. The van der Waals surface area contributed by atoms with Gasteiger partial charge in [0.25, 0.3) is 11.8 Å². The number of aromatic nitrogens is 2. The lowest BCUT2D eigenvalue weighted by Gasteiger charge is -2.04. The molecule has 2 aromatic carbocycles. The van der Waals surface area contributed by atoms with Crippen molar-refractivity contribution in [3.8, 4) is 23.3 Å². The number of fused-ring (bicyclic) bond motifs is 2. The molecular weight excluding hydrogens is 576 g/mol. The highest BCUT2D eigenvalue weighted by molar-refractivity contribution is 5.97. The van der Waals surface area contributed by atoms with Crippen molar-refractivity contribution in [1.82, 2.24) is 9.13 Å². The maximum Gasteiger partial charge on any atom is 0.264 e. The second-order valence-electron chi connectivity index (χ2n) is 10.9. The molecule has 0 spiro atoms. The maximum atomic E-state index is 12.4. The van der Waals surface area contributed by atoms with Crippen LogP contribution >= 0.6 is 0 Å². The quantitative estimate of drug-likeness (QED) is 0.0948. The van der Waals surface area contributed by atoms with E-state index in [9.17, 15) is 19.8 Å². The maximum absolute atomic E-state index is 12.4. The summed E-state index contributed by atoms with van der Waals surface area (Å²) in [5.41, 5.74) is 2.12. The molecule has 240 valence electrons. The number of carbonyl (C=O) groups is 2. The number of benzene rings is 2. The first-order chi connectivity index (χ1) is 21.8. The molecule has 0 radical (unpaired) electrons. The summed E-state index contributed by atoms with van der Waals surface area (Å²) in [7, 11) is 3.13. The van der Waals surface area contributed by atoms with Crippen molar-refractivity contribution >= 4 is 45.0 Å². The van der Waals surface area contributed by atoms with Crippen LogP contribution in [0.5, 0.6) is 23.3 Å². The molecule has 0 atom stereocenters. The number of hydrogen-bond acceptors (Lipinski definition) is 8. The molecule has 4 aromatic rings. The summed E-state index contributed by atoms with van der Waals surface area (Å²) < 4.78 is 14.1. The summed E-state index contributed by atoms with van der Waals surface area (Å²) in [5.74, 6) is 0.493. The zero-order valence-electron chi connectivity index (χ0n) is 26.5. The lowest BCUT2D eigenvalue weighted by atomic mass is 10.1. The minimum Gasteiger partial charge on any atom is -0.497 e. The Morgan fingerprint density at radius 3 is 1.44 bits per heavy atom. The van der Waals surface area contributed by atoms with Gasteiger partial charge in [-0.05, 0) is 62.1 Å². The fourth-order valence-electron chi connectivity index (χ4n) is 5.35. The molecule has 0 aliphatic carbocycles. The van der Waals surface area contributed by atoms with E-state index in [1.54, 1.807) is 35.5 Å². The molecule has 12 heteroatoms. The van der Waals surface area contributed by atoms with Gasteiger partial charge in [-0.25, -0.2) is 0 Å². The number of unbranched alkanes of at least 4 members (excludes halogenated alkanes) is 4. The highest BCUT2D eigenvalue weighted by atomic mass is 16.5. The molecule has 0 saturated carbocycles. The van der Waals surface area contributed by atoms with E-state index in [4.69, 9.17) is 9.47 Å². The molecule has 2 heterocycles. The summed E-state index contributed by atoms with van der Waals surface area (Å²) in [5, 5.41) is 38.8. The monoisotopic (exact) mass is 618 g/mol. The van der Waals surface area contributed by atoms with Gasteiger partial charge >= 0.3 is 0 Å². The molecule has 0 saturated heterocycles. The van der Waals surface area contributed by atoms with Gasteiger partial charge in [0.05, 0.1) is 25.3 Å². The van der Waals surface area contributed by atoms with Crippen LogP contribution in [-0.4, -0.2) is 45.4 Å². The van der Waals surface area contributed by atoms with Crippen molar-refractivity contribution in [2.24, 2.45) is 20.5 Å². The van der Waals surface area contributed by atoms with E-state index in [1.165, 1.54) is 0 Å². The third kappa shape index (κ3) is 7.86. The van der Waals surface area contributed by atoms with Gasteiger partial charge in [-0.1, -0.05) is 33.1 Å². The van der Waals surface area contributed by atoms with Gasteiger partial charge in [-0.3, -0.25) is 9.59 Å². The summed E-state index contributed by atoms with van der Waals surface area (Å²) in [6.45, 7) is 5.25. The second kappa shape index (κ2) is 15.8. The molecule has 0 aliphatic rings. The van der Waals surface area contributed by atoms with E-state index in [0.29, 0.717) is 48.2 Å². The Morgan fingerprint density at radius 1 is 0.667 bits per heavy atom. The number of rotatable bonds is 16. The van der Waals surface area contributed by atoms with Crippen LogP contribution in [0.25, 0.3) is 21.8 Å². The zero-order chi connectivity index (χ0) is 32.3. The lowest BCUT2D eigenvalue weighted by molar-refractivity contribution is -0.119. The van der Waals surface area contributed by atoms with Crippen molar-refractivity contribution < 1.29 is 29.3 Å². The van der Waals surface area contributed by atoms with E-state index < -0.39 is 0 Å². The number of methoxy groups -OCH3 is 2. The molecule has 4 rings (SSSR count). The number of hydrogen-bond donors (Lipinski definition) is 2. The average Bonchev–Trinajstić information content (AvgIpc) is 3.46. The van der Waals surface area contributed by atoms with E-state index in [2.05, 4.69) is 20.5 Å². The lowest BCUT2D eigenvalue weighted by Crippen LogP contribution is -1.95. The highest BCUT2D eigenvalue weighted by Crippen LogP contribution is 2.42. The van der Waals surface area contributed by atoms with E-state index in [0.717, 1.165) is 43.1 Å². The van der Waals surface area contributed by atoms with Crippen LogP contribution < -0.4 is 9.47 Å². The van der Waals surface area contributed by atoms with Crippen molar-refractivity contribution in [2.45, 2.75) is 84.7 Å². The summed E-state index contributed by atoms with van der Waals surface area (Å²) in [6.07, 6.45) is 5.89. The molecule has 2 aromatic heterocycles. The Kier molecular flexibility index (Phi) is 11.7. The third-order valence-electron chi connectivity index (χ3n) is 7.63. The topological polar surface area (TPSA) is 152 Å². The molecule has 45 heavy (non-hydrogen) atoms. The molecule has 2 amide bonds. The smallest absolute Gasteiger partial charge is 0.264 e. The number of aromatic hydroxyl groups is 2. The normalized spacial score (nSPS) is 11.8. The Balaban J connectivity index is 1.23. The van der Waals surface area contributed by atoms with Crippen LogP contribution in [0.15, 0.2) is 56.9 Å². The number of azo groups is 2. The van der Waals surface area contributed by atoms with Crippen molar-refractivity contribution in [3.63, 3.8) is 0 Å². The number of ether oxygens (including phenoxy) is 2. The van der Waals surface area contributed by atoms with Crippen LogP contribution in [0.3, 0.4) is 0 Å². The standard InChI is InChI=1S/C33H42N6O6/c1-5-18-38-26-16-14-22(44-3)20-24(26)30(32(38)42)36-34-28(40)12-10-8-7-9-11-13-29(41)35-37-31-25-21-23(45-4)15-17-27(25)39(19-6-2)33(31)43/h14-17,20-21,42-43H,5-13,18-19H2,1-4H3. The van der Waals surface area contributed by atoms with Crippen LogP contribution in [0, 0.1) is 0 Å². The van der Waals surface area contributed by atoms with Crippen LogP contribution in [0.1, 0.15) is 71.6 Å². The fourth-order valence-corrected chi connectivity index (χ4v) is 5.35. The SMILES string of the molecule is CCCn1c(O)c(N=NC(=O)CCCCCCCC(=O)N=Nc2c(O)n(CCC)c3ccc(OC)cc23)c2cc(OC)ccc21. The van der Waals surface area contributed by atoms with Gasteiger partial charge < -0.3 is 28.8 Å². The molecule has 0 bridgehead atoms. The molecule has 0 aliphatic heterocycles. The van der Waals surface area contributed by atoms with E-state index in [1.807, 2.05) is 38.1 Å². The van der Waals surface area contributed by atoms with Gasteiger partial charge in [0.2, 0.25) is 11.8 Å². The van der Waals surface area contributed by atoms with Crippen molar-refractivity contribution in [2.75, 3.05) is 14.2 Å². The first-order valence-corrected chi connectivity index (χ1v) is 15.5. The van der Waals surface area contributed by atoms with Gasteiger partial charge in [0.15, 0.2) is 11.4 Å². The molecule has 0 unspecified atom stereocenters. The highest BCUT2D eigenvalue weighted by Gasteiger charge is 2.19. The average molecular weight is 619 g/mol. The Labute approximate surface area is 262 Å². The van der Waals surface area contributed by atoms with Gasteiger partial charge in [0, 0.05) is 36.7 Å². The van der Waals surface area contributed by atoms with Gasteiger partial charge in [-0.2, -0.15) is 0 Å². The summed E-state index contributed by atoms with van der Waals surface area (Å²) in [6, 6.07) is 10.9. The number of nitrogens with zero attached hydrogens (tertiary/aromatic N) is 6. The fraction of sp³-hybridized carbons (Fsp3) is 0.455. The Morgan fingerprint density at radius 2 is 1.07 bits per heavy atom. The van der Waals surface area contributed by atoms with Crippen LogP contribution in [-0.2, 0) is 22.7 Å². The van der Waals surface area contributed by atoms with E-state index in [-0.39, 0.29) is 47.8 Å². The Hall–Kier alpha value is -4.74. The molecule has 0 fully saturated rings. The zero-order valence-corrected chi connectivity index (χ0v) is 26.5. The van der Waals surface area contributed by atoms with Gasteiger partial charge in [-0.15, -0.1) is 20.5 Å². The molecule has 12 nitrogen and oxygen atoms in total.